The summed E-state index contributed by atoms with van der Waals surface area (Å²) in [6.45, 7) is 5.41. The van der Waals surface area contributed by atoms with Crippen LogP contribution in [-0.2, 0) is 0 Å². The maximum atomic E-state index is 12.1. The lowest BCUT2D eigenvalue weighted by atomic mass is 9.89. The second-order valence-corrected chi connectivity index (χ2v) is 6.75. The fourth-order valence-corrected chi connectivity index (χ4v) is 3.98. The molecule has 3 unspecified atom stereocenters. The van der Waals surface area contributed by atoms with Crippen LogP contribution in [0.4, 0.5) is 4.79 Å². The first-order valence-electron chi connectivity index (χ1n) is 8.17. The molecule has 2 bridgehead atoms. The van der Waals surface area contributed by atoms with E-state index in [4.69, 9.17) is 0 Å². The van der Waals surface area contributed by atoms with Gasteiger partial charge in [-0.2, -0.15) is 0 Å². The molecule has 2 amide bonds. The van der Waals surface area contributed by atoms with Crippen LogP contribution in [0.25, 0.3) is 0 Å². The van der Waals surface area contributed by atoms with Crippen LogP contribution in [0.2, 0.25) is 0 Å². The molecular weight excluding hydrogens is 252 g/mol. The molecule has 20 heavy (non-hydrogen) atoms. The van der Waals surface area contributed by atoms with Crippen LogP contribution in [0.15, 0.2) is 0 Å². The number of fused-ring (bicyclic) bond motifs is 1. The molecular formula is C15H28N4O. The Morgan fingerprint density at radius 1 is 1.10 bits per heavy atom. The van der Waals surface area contributed by atoms with Gasteiger partial charge in [-0.15, -0.1) is 0 Å². The summed E-state index contributed by atoms with van der Waals surface area (Å²) in [5, 5.41) is 6.97. The number of nitrogens with zero attached hydrogens (tertiary/aromatic N) is 2. The van der Waals surface area contributed by atoms with Gasteiger partial charge in [0.25, 0.3) is 0 Å². The zero-order chi connectivity index (χ0) is 14.1. The molecule has 0 radical (unpaired) electrons. The van der Waals surface area contributed by atoms with E-state index in [1.54, 1.807) is 0 Å². The van der Waals surface area contributed by atoms with E-state index in [1.165, 1.54) is 38.8 Å². The molecule has 3 saturated heterocycles. The quantitative estimate of drug-likeness (QED) is 0.701. The normalized spacial score (nSPS) is 39.9. The molecule has 3 heterocycles. The minimum atomic E-state index is 0.0743. The van der Waals surface area contributed by atoms with Gasteiger partial charge < -0.3 is 10.2 Å². The standard InChI is InChI=1S/C15H28N4O/c1-11-13-6-5-12-7-10-19(14(12)17-13)9-4-3-8-18(2)15(20)16-11/h11-14,17H,3-10H2,1-2H3,(H,16,20)/t11-,12?,13?,14?/m1/s1. The van der Waals surface area contributed by atoms with E-state index in [-0.39, 0.29) is 12.1 Å². The zero-order valence-corrected chi connectivity index (χ0v) is 12.8. The SMILES string of the molecule is C[C@H]1NC(=O)N(C)CCCCN2CCC3CCC1NC32. The molecule has 3 aliphatic heterocycles. The van der Waals surface area contributed by atoms with Crippen molar-refractivity contribution < 1.29 is 4.79 Å². The van der Waals surface area contributed by atoms with Crippen LogP contribution < -0.4 is 10.6 Å². The van der Waals surface area contributed by atoms with E-state index in [2.05, 4.69) is 22.5 Å². The summed E-state index contributed by atoms with van der Waals surface area (Å²) in [7, 11) is 1.90. The fraction of sp³-hybridized carbons (Fsp3) is 0.933. The molecule has 0 spiro atoms. The topological polar surface area (TPSA) is 47.6 Å². The summed E-state index contributed by atoms with van der Waals surface area (Å²) in [6, 6.07) is 0.687. The Morgan fingerprint density at radius 2 is 1.90 bits per heavy atom. The van der Waals surface area contributed by atoms with Crippen molar-refractivity contribution in [1.82, 2.24) is 20.4 Å². The number of carbonyl (C=O) groups is 1. The number of urea groups is 1. The molecule has 5 nitrogen and oxygen atoms in total. The molecule has 0 aromatic rings. The van der Waals surface area contributed by atoms with Crippen LogP contribution in [0.3, 0.4) is 0 Å². The van der Waals surface area contributed by atoms with Crippen molar-refractivity contribution in [3.63, 3.8) is 0 Å². The largest absolute Gasteiger partial charge is 0.334 e. The van der Waals surface area contributed by atoms with Crippen molar-refractivity contribution in [2.75, 3.05) is 26.7 Å². The Hall–Kier alpha value is -0.810. The van der Waals surface area contributed by atoms with Crippen molar-refractivity contribution >= 4 is 6.03 Å². The minimum absolute atomic E-state index is 0.0743. The molecule has 0 aromatic heterocycles. The average molecular weight is 280 g/mol. The second-order valence-electron chi connectivity index (χ2n) is 6.75. The predicted octanol–water partition coefficient (Wildman–Crippen LogP) is 1.21. The molecule has 114 valence electrons. The van der Waals surface area contributed by atoms with E-state index >= 15 is 0 Å². The Balaban J connectivity index is 1.72. The maximum absolute atomic E-state index is 12.1. The van der Waals surface area contributed by atoms with Gasteiger partial charge in [0.1, 0.15) is 0 Å². The molecule has 5 heteroatoms. The Labute approximate surface area is 122 Å². The lowest BCUT2D eigenvalue weighted by Crippen LogP contribution is -2.60. The number of hydrogen-bond acceptors (Lipinski definition) is 3. The van der Waals surface area contributed by atoms with Gasteiger partial charge >= 0.3 is 6.03 Å². The summed E-state index contributed by atoms with van der Waals surface area (Å²) in [5.41, 5.74) is 0. The smallest absolute Gasteiger partial charge is 0.317 e. The first-order valence-corrected chi connectivity index (χ1v) is 8.17. The molecule has 0 aliphatic carbocycles. The Morgan fingerprint density at radius 3 is 2.75 bits per heavy atom. The van der Waals surface area contributed by atoms with E-state index in [9.17, 15) is 4.79 Å². The van der Waals surface area contributed by atoms with Gasteiger partial charge in [-0.05, 0) is 51.5 Å². The Kier molecular flexibility index (Phi) is 4.17. The number of piperidine rings is 1. The summed E-state index contributed by atoms with van der Waals surface area (Å²) in [5.74, 6) is 0.819. The number of amides is 2. The van der Waals surface area contributed by atoms with Crippen LogP contribution in [0.5, 0.6) is 0 Å². The number of hydrogen-bond donors (Lipinski definition) is 2. The van der Waals surface area contributed by atoms with Gasteiger partial charge in [0.15, 0.2) is 0 Å². The summed E-state index contributed by atoms with van der Waals surface area (Å²) in [4.78, 5) is 16.6. The van der Waals surface area contributed by atoms with Crippen LogP contribution in [0.1, 0.15) is 39.0 Å². The van der Waals surface area contributed by atoms with E-state index < -0.39 is 0 Å². The summed E-state index contributed by atoms with van der Waals surface area (Å²) >= 11 is 0. The zero-order valence-electron chi connectivity index (χ0n) is 12.8. The van der Waals surface area contributed by atoms with Crippen molar-refractivity contribution in [2.45, 2.75) is 57.3 Å². The van der Waals surface area contributed by atoms with E-state index in [0.29, 0.717) is 12.2 Å². The third kappa shape index (κ3) is 2.79. The van der Waals surface area contributed by atoms with Crippen molar-refractivity contribution in [2.24, 2.45) is 5.92 Å². The van der Waals surface area contributed by atoms with Gasteiger partial charge in [-0.3, -0.25) is 10.2 Å². The lowest BCUT2D eigenvalue weighted by molar-refractivity contribution is 0.115. The molecule has 2 N–H and O–H groups in total. The van der Waals surface area contributed by atoms with Gasteiger partial charge in [0.2, 0.25) is 0 Å². The highest BCUT2D eigenvalue weighted by atomic mass is 16.2. The predicted molar refractivity (Wildman–Crippen MR) is 79.5 cm³/mol. The van der Waals surface area contributed by atoms with Gasteiger partial charge in [0.05, 0.1) is 6.17 Å². The minimum Gasteiger partial charge on any atom is -0.334 e. The van der Waals surface area contributed by atoms with E-state index in [1.807, 2.05) is 11.9 Å². The fourth-order valence-electron chi connectivity index (χ4n) is 3.98. The third-order valence-corrected chi connectivity index (χ3v) is 5.35. The maximum Gasteiger partial charge on any atom is 0.317 e. The first kappa shape index (κ1) is 14.1. The molecule has 0 aromatic carbocycles. The van der Waals surface area contributed by atoms with Crippen LogP contribution >= 0.6 is 0 Å². The highest BCUT2D eigenvalue weighted by molar-refractivity contribution is 5.74. The lowest BCUT2D eigenvalue weighted by Gasteiger charge is -2.40. The van der Waals surface area contributed by atoms with Crippen LogP contribution in [-0.4, -0.2) is 60.8 Å². The summed E-state index contributed by atoms with van der Waals surface area (Å²) < 4.78 is 0. The number of rotatable bonds is 0. The van der Waals surface area contributed by atoms with Gasteiger partial charge in [-0.25, -0.2) is 4.79 Å². The second kappa shape index (κ2) is 5.90. The third-order valence-electron chi connectivity index (χ3n) is 5.35. The molecule has 3 fully saturated rings. The number of carbonyl (C=O) groups excluding carboxylic acids is 1. The first-order chi connectivity index (χ1) is 9.65. The highest BCUT2D eigenvalue weighted by Gasteiger charge is 2.39. The van der Waals surface area contributed by atoms with Gasteiger partial charge in [-0.1, -0.05) is 0 Å². The monoisotopic (exact) mass is 280 g/mol. The van der Waals surface area contributed by atoms with Crippen molar-refractivity contribution in [1.29, 1.82) is 0 Å². The molecule has 3 aliphatic rings. The molecule has 3 rings (SSSR count). The van der Waals surface area contributed by atoms with Crippen LogP contribution in [0, 0.1) is 5.92 Å². The molecule has 0 saturated carbocycles. The van der Waals surface area contributed by atoms with E-state index in [0.717, 1.165) is 18.9 Å². The van der Waals surface area contributed by atoms with Crippen molar-refractivity contribution in [3.05, 3.63) is 0 Å². The van der Waals surface area contributed by atoms with Crippen molar-refractivity contribution in [3.8, 4) is 0 Å². The average Bonchev–Trinajstić information content (AvgIpc) is 2.84. The Bertz CT molecular complexity index is 362. The highest BCUT2D eigenvalue weighted by Crippen LogP contribution is 2.32. The molecule has 4 atom stereocenters. The van der Waals surface area contributed by atoms with Gasteiger partial charge in [0, 0.05) is 32.2 Å². The number of nitrogens with one attached hydrogen (secondary N) is 2. The summed E-state index contributed by atoms with van der Waals surface area (Å²) in [6.07, 6.45) is 6.64.